The highest BCUT2D eigenvalue weighted by molar-refractivity contribution is 5.88. The summed E-state index contributed by atoms with van der Waals surface area (Å²) < 4.78 is 4.94. The summed E-state index contributed by atoms with van der Waals surface area (Å²) in [6.07, 6.45) is -17.1. The van der Waals surface area contributed by atoms with Crippen LogP contribution in [0.1, 0.15) is 0 Å². The zero-order valence-corrected chi connectivity index (χ0v) is 12.0. The van der Waals surface area contributed by atoms with E-state index >= 15 is 0 Å². The molecule has 136 valence electrons. The van der Waals surface area contributed by atoms with Gasteiger partial charge in [-0.1, -0.05) is 0 Å². The number of hydrogen-bond donors (Lipinski definition) is 9. The SMILES string of the molecule is O=C(C(O)C1O[C@H](CO)[C@@H](O)[C@H](O)[C@@H]1O)[C@@H](O)[C@H](O)[C@H](O)CO. The van der Waals surface area contributed by atoms with Crippen LogP contribution in [0.5, 0.6) is 0 Å². The normalized spacial score (nSPS) is 37.0. The fourth-order valence-electron chi connectivity index (χ4n) is 2.21. The average Bonchev–Trinajstić information content (AvgIpc) is 2.56. The molecule has 0 saturated carbocycles. The summed E-state index contributed by atoms with van der Waals surface area (Å²) in [7, 11) is 0. The maximum Gasteiger partial charge on any atom is 0.195 e. The van der Waals surface area contributed by atoms with Gasteiger partial charge in [0.25, 0.3) is 0 Å². The quantitative estimate of drug-likeness (QED) is 0.212. The van der Waals surface area contributed by atoms with Crippen molar-refractivity contribution < 1.29 is 55.5 Å². The van der Waals surface area contributed by atoms with Gasteiger partial charge in [-0.2, -0.15) is 0 Å². The summed E-state index contributed by atoms with van der Waals surface area (Å²) >= 11 is 0. The van der Waals surface area contributed by atoms with Gasteiger partial charge in [0.2, 0.25) is 0 Å². The lowest BCUT2D eigenvalue weighted by atomic mass is 9.89. The maximum atomic E-state index is 11.9. The number of ether oxygens (including phenoxy) is 1. The maximum absolute atomic E-state index is 11.9. The van der Waals surface area contributed by atoms with Crippen LogP contribution in [0.2, 0.25) is 0 Å². The molecule has 1 fully saturated rings. The third-order valence-electron chi connectivity index (χ3n) is 3.73. The Bertz CT molecular complexity index is 389. The molecule has 2 unspecified atom stereocenters. The van der Waals surface area contributed by atoms with Gasteiger partial charge in [-0.15, -0.1) is 0 Å². The molecule has 1 heterocycles. The Kier molecular flexibility index (Phi) is 7.41. The minimum Gasteiger partial charge on any atom is -0.394 e. The van der Waals surface area contributed by atoms with E-state index < -0.39 is 73.9 Å². The van der Waals surface area contributed by atoms with Gasteiger partial charge in [0, 0.05) is 0 Å². The Morgan fingerprint density at radius 3 is 2.00 bits per heavy atom. The van der Waals surface area contributed by atoms with Gasteiger partial charge in [-0.25, -0.2) is 0 Å². The van der Waals surface area contributed by atoms with E-state index in [2.05, 4.69) is 0 Å². The van der Waals surface area contributed by atoms with E-state index in [0.29, 0.717) is 0 Å². The standard InChI is InChI=1S/C12H22O11/c13-1-3(15)5(16)7(18)9(20)11(22)12-10(21)8(19)6(17)4(2-14)23-12/h3-8,10-19,21-22H,1-2H2/t3-,4-,5-,6-,7+,8+,10+,11?,12?/m1/s1. The van der Waals surface area contributed by atoms with Crippen LogP contribution in [0.4, 0.5) is 0 Å². The van der Waals surface area contributed by atoms with E-state index in [0.717, 1.165) is 0 Å². The predicted molar refractivity (Wildman–Crippen MR) is 69.9 cm³/mol. The van der Waals surface area contributed by atoms with Crippen molar-refractivity contribution in [2.75, 3.05) is 13.2 Å². The molecule has 0 spiro atoms. The first-order valence-electron chi connectivity index (χ1n) is 6.84. The van der Waals surface area contributed by atoms with E-state index in [1.54, 1.807) is 0 Å². The Morgan fingerprint density at radius 1 is 0.957 bits per heavy atom. The number of carbonyl (C=O) groups excluding carboxylic acids is 1. The van der Waals surface area contributed by atoms with Crippen molar-refractivity contribution in [1.82, 2.24) is 0 Å². The number of aliphatic hydroxyl groups is 9. The number of Topliss-reactive ketones (excluding diaryl/α,β-unsaturated/α-hetero) is 1. The van der Waals surface area contributed by atoms with Crippen LogP contribution < -0.4 is 0 Å². The highest BCUT2D eigenvalue weighted by atomic mass is 16.6. The van der Waals surface area contributed by atoms with Crippen molar-refractivity contribution in [3.05, 3.63) is 0 Å². The zero-order chi connectivity index (χ0) is 17.9. The third kappa shape index (κ3) is 4.22. The lowest BCUT2D eigenvalue weighted by Gasteiger charge is -2.41. The molecular weight excluding hydrogens is 320 g/mol. The monoisotopic (exact) mass is 342 g/mol. The molecule has 1 rings (SSSR count). The van der Waals surface area contributed by atoms with Crippen LogP contribution in [0, 0.1) is 0 Å². The van der Waals surface area contributed by atoms with E-state index in [1.807, 2.05) is 0 Å². The Morgan fingerprint density at radius 2 is 1.52 bits per heavy atom. The van der Waals surface area contributed by atoms with E-state index in [9.17, 15) is 35.4 Å². The number of carbonyl (C=O) groups is 1. The molecule has 9 N–H and O–H groups in total. The van der Waals surface area contributed by atoms with Crippen LogP contribution in [-0.4, -0.2) is 120 Å². The minimum atomic E-state index is -2.31. The molecule has 0 bridgehead atoms. The van der Waals surface area contributed by atoms with E-state index in [4.69, 9.17) is 20.1 Å². The van der Waals surface area contributed by atoms with Crippen molar-refractivity contribution in [2.24, 2.45) is 0 Å². The fraction of sp³-hybridized carbons (Fsp3) is 0.917. The molecule has 1 saturated heterocycles. The summed E-state index contributed by atoms with van der Waals surface area (Å²) in [6, 6.07) is 0. The molecular formula is C12H22O11. The zero-order valence-electron chi connectivity index (χ0n) is 12.0. The van der Waals surface area contributed by atoms with Gasteiger partial charge in [0.15, 0.2) is 5.78 Å². The van der Waals surface area contributed by atoms with Crippen LogP contribution in [0.25, 0.3) is 0 Å². The van der Waals surface area contributed by atoms with Crippen molar-refractivity contribution in [1.29, 1.82) is 0 Å². The van der Waals surface area contributed by atoms with Gasteiger partial charge in [-0.3, -0.25) is 4.79 Å². The van der Waals surface area contributed by atoms with Crippen molar-refractivity contribution in [3.8, 4) is 0 Å². The molecule has 0 radical (unpaired) electrons. The van der Waals surface area contributed by atoms with Crippen LogP contribution >= 0.6 is 0 Å². The molecule has 0 amide bonds. The van der Waals surface area contributed by atoms with E-state index in [1.165, 1.54) is 0 Å². The summed E-state index contributed by atoms with van der Waals surface area (Å²) in [5.74, 6) is -1.45. The van der Waals surface area contributed by atoms with Crippen LogP contribution in [0.3, 0.4) is 0 Å². The third-order valence-corrected chi connectivity index (χ3v) is 3.73. The number of aliphatic hydroxyl groups excluding tert-OH is 9. The first kappa shape index (κ1) is 20.3. The predicted octanol–water partition coefficient (Wildman–Crippen LogP) is -6.17. The molecule has 9 atom stereocenters. The Balaban J connectivity index is 2.85. The van der Waals surface area contributed by atoms with Crippen molar-refractivity contribution in [3.63, 3.8) is 0 Å². The number of ketones is 1. The fourth-order valence-corrected chi connectivity index (χ4v) is 2.21. The van der Waals surface area contributed by atoms with Gasteiger partial charge in [-0.05, 0) is 0 Å². The summed E-state index contributed by atoms with van der Waals surface area (Å²) in [5.41, 5.74) is 0. The number of hydrogen-bond acceptors (Lipinski definition) is 11. The van der Waals surface area contributed by atoms with Crippen LogP contribution in [0.15, 0.2) is 0 Å². The molecule has 23 heavy (non-hydrogen) atoms. The lowest BCUT2D eigenvalue weighted by molar-refractivity contribution is -0.248. The average molecular weight is 342 g/mol. The minimum absolute atomic E-state index is 0.781. The lowest BCUT2D eigenvalue weighted by Crippen LogP contribution is -2.63. The van der Waals surface area contributed by atoms with Crippen LogP contribution in [-0.2, 0) is 9.53 Å². The molecule has 1 aliphatic rings. The second-order valence-electron chi connectivity index (χ2n) is 5.33. The highest BCUT2D eigenvalue weighted by Crippen LogP contribution is 2.24. The molecule has 1 aliphatic heterocycles. The first-order valence-corrected chi connectivity index (χ1v) is 6.84. The first-order chi connectivity index (χ1) is 10.7. The summed E-state index contributed by atoms with van der Waals surface area (Å²) in [5, 5.41) is 84.6. The second kappa shape index (κ2) is 8.39. The molecule has 0 aromatic carbocycles. The Hall–Kier alpha value is -0.730. The van der Waals surface area contributed by atoms with Gasteiger partial charge >= 0.3 is 0 Å². The smallest absolute Gasteiger partial charge is 0.195 e. The summed E-state index contributed by atoms with van der Waals surface area (Å²) in [4.78, 5) is 11.9. The van der Waals surface area contributed by atoms with Gasteiger partial charge < -0.3 is 50.7 Å². The van der Waals surface area contributed by atoms with Gasteiger partial charge in [0.05, 0.1) is 13.2 Å². The van der Waals surface area contributed by atoms with Crippen molar-refractivity contribution >= 4 is 5.78 Å². The van der Waals surface area contributed by atoms with Gasteiger partial charge in [0.1, 0.15) is 54.9 Å². The highest BCUT2D eigenvalue weighted by Gasteiger charge is 2.49. The van der Waals surface area contributed by atoms with Crippen molar-refractivity contribution in [2.45, 2.75) is 54.9 Å². The number of rotatable bonds is 7. The molecule has 11 heteroatoms. The molecule has 0 aromatic rings. The summed E-state index contributed by atoms with van der Waals surface area (Å²) in [6.45, 7) is -1.74. The second-order valence-corrected chi connectivity index (χ2v) is 5.33. The molecule has 0 aromatic heterocycles. The Labute approximate surface area is 130 Å². The largest absolute Gasteiger partial charge is 0.394 e. The van der Waals surface area contributed by atoms with E-state index in [-0.39, 0.29) is 0 Å². The molecule has 11 nitrogen and oxygen atoms in total. The molecule has 0 aliphatic carbocycles. The topological polar surface area (TPSA) is 208 Å².